The molecule has 4 aromatic rings. The first-order chi connectivity index (χ1) is 13.0. The molecule has 2 aromatic carbocycles. The molecule has 0 spiro atoms. The molecule has 0 fully saturated rings. The van der Waals surface area contributed by atoms with Gasteiger partial charge in [0.1, 0.15) is 5.65 Å². The summed E-state index contributed by atoms with van der Waals surface area (Å²) in [7, 11) is 1.71. The zero-order chi connectivity index (χ0) is 19.1. The third-order valence-corrected chi connectivity index (χ3v) is 4.33. The average Bonchev–Trinajstić information content (AvgIpc) is 3.13. The van der Waals surface area contributed by atoms with Crippen LogP contribution in [0, 0.1) is 0 Å². The molecule has 1 amide bonds. The zero-order valence-corrected chi connectivity index (χ0v) is 14.2. The monoisotopic (exact) mass is 378 g/mol. The standard InChI is InChI=1S/C19H14N4O4.CH4/c1-22-15-8-7-12(20-17(24)11-5-3-2-4-6-11)9-13(15)18(25)23-16(22)10-14(21-23)19(26)27;/h2-10H,1H3,(H,20,24)(H,26,27);1H4. The van der Waals surface area contributed by atoms with Crippen LogP contribution in [0.4, 0.5) is 5.69 Å². The van der Waals surface area contributed by atoms with Crippen molar-refractivity contribution < 1.29 is 14.7 Å². The quantitative estimate of drug-likeness (QED) is 0.570. The van der Waals surface area contributed by atoms with Crippen LogP contribution in [0.1, 0.15) is 28.3 Å². The Balaban J connectivity index is 0.00000225. The number of carboxylic acids is 1. The molecule has 0 aliphatic heterocycles. The number of nitrogens with zero attached hydrogens (tertiary/aromatic N) is 3. The smallest absolute Gasteiger partial charge is 0.356 e. The Morgan fingerprint density at radius 2 is 1.79 bits per heavy atom. The van der Waals surface area contributed by atoms with Gasteiger partial charge in [-0.15, -0.1) is 0 Å². The number of aromatic nitrogens is 3. The van der Waals surface area contributed by atoms with Gasteiger partial charge in [0, 0.05) is 24.4 Å². The van der Waals surface area contributed by atoms with E-state index in [4.69, 9.17) is 5.11 Å². The van der Waals surface area contributed by atoms with E-state index in [0.717, 1.165) is 4.52 Å². The number of rotatable bonds is 3. The van der Waals surface area contributed by atoms with E-state index in [9.17, 15) is 14.4 Å². The second-order valence-corrected chi connectivity index (χ2v) is 6.02. The highest BCUT2D eigenvalue weighted by Gasteiger charge is 2.16. The number of carbonyl (C=O) groups excluding carboxylic acids is 1. The van der Waals surface area contributed by atoms with E-state index >= 15 is 0 Å². The third kappa shape index (κ3) is 3.01. The van der Waals surface area contributed by atoms with Crippen LogP contribution in [-0.4, -0.2) is 31.2 Å². The summed E-state index contributed by atoms with van der Waals surface area (Å²) in [5.41, 5.74) is 1.25. The van der Waals surface area contributed by atoms with Crippen LogP contribution in [0.25, 0.3) is 16.6 Å². The van der Waals surface area contributed by atoms with E-state index in [0.29, 0.717) is 27.8 Å². The van der Waals surface area contributed by atoms with Crippen molar-refractivity contribution in [3.8, 4) is 0 Å². The number of carboxylic acid groups (broad SMARTS) is 1. The van der Waals surface area contributed by atoms with Gasteiger partial charge in [-0.25, -0.2) is 4.79 Å². The summed E-state index contributed by atoms with van der Waals surface area (Å²) >= 11 is 0. The maximum atomic E-state index is 12.8. The molecule has 8 heteroatoms. The van der Waals surface area contributed by atoms with Crippen LogP contribution < -0.4 is 10.9 Å². The molecule has 4 rings (SSSR count). The van der Waals surface area contributed by atoms with Crippen LogP contribution in [0.5, 0.6) is 0 Å². The maximum absolute atomic E-state index is 12.8. The molecule has 142 valence electrons. The number of hydrogen-bond donors (Lipinski definition) is 2. The summed E-state index contributed by atoms with van der Waals surface area (Å²) < 4.78 is 2.73. The lowest BCUT2D eigenvalue weighted by molar-refractivity contribution is 0.0690. The number of aryl methyl sites for hydroxylation is 1. The number of nitrogens with one attached hydrogen (secondary N) is 1. The first kappa shape index (κ1) is 18.8. The Labute approximate surface area is 159 Å². The Bertz CT molecular complexity index is 1270. The minimum atomic E-state index is -1.21. The van der Waals surface area contributed by atoms with Gasteiger partial charge in [0.2, 0.25) is 0 Å². The van der Waals surface area contributed by atoms with Gasteiger partial charge in [-0.05, 0) is 30.3 Å². The van der Waals surface area contributed by atoms with Crippen molar-refractivity contribution in [2.24, 2.45) is 7.05 Å². The topological polar surface area (TPSA) is 106 Å². The summed E-state index contributed by atoms with van der Waals surface area (Å²) in [6.07, 6.45) is 0. The summed E-state index contributed by atoms with van der Waals surface area (Å²) in [5, 5.41) is 16.1. The predicted octanol–water partition coefficient (Wildman–Crippen LogP) is 2.77. The molecule has 0 unspecified atom stereocenters. The Morgan fingerprint density at radius 1 is 1.07 bits per heavy atom. The molecule has 2 heterocycles. The fraction of sp³-hybridized carbons (Fsp3) is 0.100. The number of aromatic carboxylic acids is 1. The molecule has 0 bridgehead atoms. The van der Waals surface area contributed by atoms with Gasteiger partial charge in [-0.1, -0.05) is 25.6 Å². The van der Waals surface area contributed by atoms with Crippen molar-refractivity contribution in [3.63, 3.8) is 0 Å². The molecule has 0 saturated carbocycles. The van der Waals surface area contributed by atoms with Crippen LogP contribution in [-0.2, 0) is 7.05 Å². The van der Waals surface area contributed by atoms with Crippen molar-refractivity contribution in [3.05, 3.63) is 76.2 Å². The maximum Gasteiger partial charge on any atom is 0.356 e. The normalized spacial score (nSPS) is 10.6. The minimum Gasteiger partial charge on any atom is -0.476 e. The predicted molar refractivity (Wildman–Crippen MR) is 106 cm³/mol. The molecule has 2 aromatic heterocycles. The van der Waals surface area contributed by atoms with Gasteiger partial charge in [-0.3, -0.25) is 9.59 Å². The molecule has 0 aliphatic carbocycles. The number of fused-ring (bicyclic) bond motifs is 2. The van der Waals surface area contributed by atoms with Crippen molar-refractivity contribution in [2.45, 2.75) is 7.43 Å². The van der Waals surface area contributed by atoms with E-state index in [1.807, 2.05) is 6.07 Å². The summed E-state index contributed by atoms with van der Waals surface area (Å²) in [6, 6.07) is 15.0. The molecule has 0 aliphatic rings. The summed E-state index contributed by atoms with van der Waals surface area (Å²) in [4.78, 5) is 36.2. The van der Waals surface area contributed by atoms with Gasteiger partial charge >= 0.3 is 5.97 Å². The fourth-order valence-electron chi connectivity index (χ4n) is 2.97. The van der Waals surface area contributed by atoms with Crippen molar-refractivity contribution in [2.75, 3.05) is 5.32 Å². The van der Waals surface area contributed by atoms with E-state index < -0.39 is 11.5 Å². The summed E-state index contributed by atoms with van der Waals surface area (Å²) in [5.74, 6) is -1.50. The van der Waals surface area contributed by atoms with E-state index in [1.54, 1.807) is 54.1 Å². The first-order valence-electron chi connectivity index (χ1n) is 8.08. The van der Waals surface area contributed by atoms with Gasteiger partial charge in [-0.2, -0.15) is 9.61 Å². The molecule has 2 N–H and O–H groups in total. The Hall–Kier alpha value is -3.94. The molecular weight excluding hydrogens is 360 g/mol. The minimum absolute atomic E-state index is 0. The SMILES string of the molecule is C.Cn1c2ccc(NC(=O)c3ccccc3)cc2c(=O)n2nc(C(=O)O)cc12. The lowest BCUT2D eigenvalue weighted by Gasteiger charge is -2.10. The third-order valence-electron chi connectivity index (χ3n) is 4.33. The van der Waals surface area contributed by atoms with Crippen molar-refractivity contribution >= 4 is 34.1 Å². The number of anilines is 1. The fourth-order valence-corrected chi connectivity index (χ4v) is 2.97. The molecule has 0 radical (unpaired) electrons. The zero-order valence-electron chi connectivity index (χ0n) is 14.2. The number of carbonyl (C=O) groups is 2. The van der Waals surface area contributed by atoms with E-state index in [-0.39, 0.29) is 19.0 Å². The molecule has 0 saturated heterocycles. The highest BCUT2D eigenvalue weighted by Crippen LogP contribution is 2.19. The van der Waals surface area contributed by atoms with E-state index in [2.05, 4.69) is 10.4 Å². The van der Waals surface area contributed by atoms with E-state index in [1.165, 1.54) is 6.07 Å². The Morgan fingerprint density at radius 3 is 2.46 bits per heavy atom. The highest BCUT2D eigenvalue weighted by molar-refractivity contribution is 6.05. The average molecular weight is 378 g/mol. The second-order valence-electron chi connectivity index (χ2n) is 6.02. The van der Waals surface area contributed by atoms with Gasteiger partial charge < -0.3 is 15.0 Å². The molecule has 8 nitrogen and oxygen atoms in total. The van der Waals surface area contributed by atoms with Crippen LogP contribution in [0.15, 0.2) is 59.4 Å². The lowest BCUT2D eigenvalue weighted by atomic mass is 10.2. The number of amides is 1. The van der Waals surface area contributed by atoms with Crippen LogP contribution in [0.3, 0.4) is 0 Å². The summed E-state index contributed by atoms with van der Waals surface area (Å²) in [6.45, 7) is 0. The van der Waals surface area contributed by atoms with Gasteiger partial charge in [0.05, 0.1) is 10.9 Å². The first-order valence-corrected chi connectivity index (χ1v) is 8.08. The molecular formula is C20H18N4O4. The van der Waals surface area contributed by atoms with Gasteiger partial charge in [0.25, 0.3) is 11.5 Å². The van der Waals surface area contributed by atoms with Gasteiger partial charge in [0.15, 0.2) is 5.69 Å². The molecule has 0 atom stereocenters. The number of benzene rings is 2. The Kier molecular flexibility index (Phi) is 4.70. The largest absolute Gasteiger partial charge is 0.476 e. The highest BCUT2D eigenvalue weighted by atomic mass is 16.4. The van der Waals surface area contributed by atoms with Crippen LogP contribution in [0.2, 0.25) is 0 Å². The second kappa shape index (κ2) is 6.99. The lowest BCUT2D eigenvalue weighted by Crippen LogP contribution is -2.19. The van der Waals surface area contributed by atoms with Crippen molar-refractivity contribution in [1.82, 2.24) is 14.2 Å². The number of hydrogen-bond acceptors (Lipinski definition) is 4. The molecule has 28 heavy (non-hydrogen) atoms. The van der Waals surface area contributed by atoms with Crippen molar-refractivity contribution in [1.29, 1.82) is 0 Å². The van der Waals surface area contributed by atoms with Crippen LogP contribution >= 0.6 is 0 Å².